The lowest BCUT2D eigenvalue weighted by molar-refractivity contribution is -0.226. The van der Waals surface area contributed by atoms with Crippen LogP contribution in [-0.2, 0) is 4.74 Å². The fraction of sp³-hybridized carbons (Fsp3) is 0.250. The van der Waals surface area contributed by atoms with Crippen LogP contribution in [0.2, 0.25) is 0 Å². The van der Waals surface area contributed by atoms with Gasteiger partial charge in [0.1, 0.15) is 24.4 Å². The Balaban J connectivity index is 2.01. The standard InChI is InChI=1S/C24H26NO5P/c26-16-20-21(27)22(28)23(29)24(30-20)25-31(17-10-4-1-5-11-17,18-12-6-2-7-13-18)19-14-8-3-9-15-19/h1-15,20-24,26-29H,16H2. The van der Waals surface area contributed by atoms with E-state index in [9.17, 15) is 20.4 Å². The van der Waals surface area contributed by atoms with Crippen molar-refractivity contribution < 1.29 is 25.2 Å². The molecule has 5 unspecified atom stereocenters. The van der Waals surface area contributed by atoms with Crippen LogP contribution >= 0.6 is 7.05 Å². The molecule has 4 N–H and O–H groups in total. The summed E-state index contributed by atoms with van der Waals surface area (Å²) in [7, 11) is -2.68. The molecule has 0 radical (unpaired) electrons. The average molecular weight is 439 g/mol. The van der Waals surface area contributed by atoms with Gasteiger partial charge in [0.25, 0.3) is 0 Å². The molecule has 0 aromatic heterocycles. The number of rotatable bonds is 5. The third-order valence-electron chi connectivity index (χ3n) is 5.54. The van der Waals surface area contributed by atoms with Crippen LogP contribution in [0.25, 0.3) is 0 Å². The topological polar surface area (TPSA) is 103 Å². The Morgan fingerprint density at radius 1 is 0.645 bits per heavy atom. The molecule has 1 heterocycles. The lowest BCUT2D eigenvalue weighted by Gasteiger charge is -2.40. The number of aliphatic hydroxyl groups is 4. The molecule has 0 spiro atoms. The number of benzene rings is 3. The Morgan fingerprint density at radius 2 is 1.06 bits per heavy atom. The zero-order valence-electron chi connectivity index (χ0n) is 16.8. The van der Waals surface area contributed by atoms with Crippen LogP contribution in [0.15, 0.2) is 95.7 Å². The molecule has 1 saturated heterocycles. The molecule has 1 aliphatic heterocycles. The van der Waals surface area contributed by atoms with Crippen molar-refractivity contribution in [3.05, 3.63) is 91.0 Å². The van der Waals surface area contributed by atoms with E-state index in [1.165, 1.54) is 0 Å². The van der Waals surface area contributed by atoms with Crippen molar-refractivity contribution in [3.8, 4) is 0 Å². The minimum Gasteiger partial charge on any atom is -0.394 e. The lowest BCUT2D eigenvalue weighted by Crippen LogP contribution is -2.58. The van der Waals surface area contributed by atoms with Gasteiger partial charge in [0.15, 0.2) is 6.23 Å². The first-order valence-corrected chi connectivity index (χ1v) is 11.9. The predicted octanol–water partition coefficient (Wildman–Crippen LogP) is 0.964. The first-order valence-electron chi connectivity index (χ1n) is 10.2. The second-order valence-electron chi connectivity index (χ2n) is 7.48. The second kappa shape index (κ2) is 9.45. The molecule has 0 saturated carbocycles. The van der Waals surface area contributed by atoms with Crippen molar-refractivity contribution in [2.24, 2.45) is 4.74 Å². The summed E-state index contributed by atoms with van der Waals surface area (Å²) in [5.74, 6) is 0. The SMILES string of the molecule is OCC1OC(N=P(c2ccccc2)(c2ccccc2)c2ccccc2)C(O)C(O)C1O. The second-order valence-corrected chi connectivity index (χ2v) is 10.5. The number of nitrogens with zero attached hydrogens (tertiary/aromatic N) is 1. The van der Waals surface area contributed by atoms with Gasteiger partial charge in [0, 0.05) is 15.9 Å². The zero-order chi connectivity index (χ0) is 21.8. The van der Waals surface area contributed by atoms with Gasteiger partial charge in [-0.05, 0) is 0 Å². The minimum atomic E-state index is -2.68. The normalized spacial score (nSPS) is 26.4. The Hall–Kier alpha value is -2.31. The fourth-order valence-electron chi connectivity index (χ4n) is 3.93. The van der Waals surface area contributed by atoms with E-state index in [1.54, 1.807) is 0 Å². The van der Waals surface area contributed by atoms with E-state index in [0.717, 1.165) is 15.9 Å². The molecular formula is C24H26NO5P. The highest BCUT2D eigenvalue weighted by Gasteiger charge is 2.44. The third-order valence-corrected chi connectivity index (χ3v) is 9.25. The first-order chi connectivity index (χ1) is 15.1. The van der Waals surface area contributed by atoms with Crippen molar-refractivity contribution in [1.82, 2.24) is 0 Å². The van der Waals surface area contributed by atoms with Crippen LogP contribution in [0.4, 0.5) is 0 Å². The van der Waals surface area contributed by atoms with Gasteiger partial charge in [-0.3, -0.25) is 4.74 Å². The molecule has 1 aliphatic rings. The molecule has 6 nitrogen and oxygen atoms in total. The molecule has 7 heteroatoms. The molecule has 0 aliphatic carbocycles. The van der Waals surface area contributed by atoms with E-state index in [0.29, 0.717) is 0 Å². The van der Waals surface area contributed by atoms with Crippen molar-refractivity contribution in [1.29, 1.82) is 0 Å². The molecule has 1 fully saturated rings. The summed E-state index contributed by atoms with van der Waals surface area (Å²) >= 11 is 0. The molecule has 0 bridgehead atoms. The smallest absolute Gasteiger partial charge is 0.176 e. The molecule has 0 amide bonds. The maximum absolute atomic E-state index is 10.7. The highest BCUT2D eigenvalue weighted by atomic mass is 31.2. The zero-order valence-corrected chi connectivity index (χ0v) is 17.7. The Kier molecular flexibility index (Phi) is 6.68. The lowest BCUT2D eigenvalue weighted by atomic mass is 9.99. The van der Waals surface area contributed by atoms with Gasteiger partial charge in [0.2, 0.25) is 0 Å². The van der Waals surface area contributed by atoms with Gasteiger partial charge in [0.05, 0.1) is 13.7 Å². The summed E-state index contributed by atoms with van der Waals surface area (Å²) in [5.41, 5.74) is 0. The van der Waals surface area contributed by atoms with Crippen molar-refractivity contribution in [3.63, 3.8) is 0 Å². The van der Waals surface area contributed by atoms with E-state index in [1.807, 2.05) is 91.0 Å². The fourth-order valence-corrected chi connectivity index (χ4v) is 7.56. The molecule has 5 atom stereocenters. The quantitative estimate of drug-likeness (QED) is 0.444. The monoisotopic (exact) mass is 439 g/mol. The summed E-state index contributed by atoms with van der Waals surface area (Å²) < 4.78 is 10.9. The number of hydrogen-bond donors (Lipinski definition) is 4. The predicted molar refractivity (Wildman–Crippen MR) is 121 cm³/mol. The summed E-state index contributed by atoms with van der Waals surface area (Å²) in [5, 5.41) is 43.8. The Morgan fingerprint density at radius 3 is 1.45 bits per heavy atom. The van der Waals surface area contributed by atoms with Gasteiger partial charge in [-0.25, -0.2) is 0 Å². The Bertz CT molecular complexity index is 926. The highest BCUT2D eigenvalue weighted by molar-refractivity contribution is 7.87. The van der Waals surface area contributed by atoms with Crippen LogP contribution in [-0.4, -0.2) is 57.7 Å². The largest absolute Gasteiger partial charge is 0.394 e. The van der Waals surface area contributed by atoms with Crippen LogP contribution < -0.4 is 15.9 Å². The van der Waals surface area contributed by atoms with Crippen LogP contribution in [0.1, 0.15) is 0 Å². The Labute approximate surface area is 181 Å². The van der Waals surface area contributed by atoms with Crippen LogP contribution in [0.5, 0.6) is 0 Å². The van der Waals surface area contributed by atoms with E-state index in [-0.39, 0.29) is 0 Å². The van der Waals surface area contributed by atoms with E-state index < -0.39 is 44.3 Å². The first kappa shape index (κ1) is 21.9. The molecule has 3 aromatic rings. The number of hydrogen-bond acceptors (Lipinski definition) is 6. The summed E-state index contributed by atoms with van der Waals surface area (Å²) in [6.07, 6.45) is -6.50. The van der Waals surface area contributed by atoms with Gasteiger partial charge in [-0.1, -0.05) is 91.0 Å². The van der Waals surface area contributed by atoms with Crippen molar-refractivity contribution in [2.45, 2.75) is 30.6 Å². The number of aliphatic hydroxyl groups excluding tert-OH is 4. The van der Waals surface area contributed by atoms with E-state index in [4.69, 9.17) is 9.48 Å². The van der Waals surface area contributed by atoms with Gasteiger partial charge in [-0.2, -0.15) is 0 Å². The maximum atomic E-state index is 10.7. The molecule has 162 valence electrons. The maximum Gasteiger partial charge on any atom is 0.176 e. The van der Waals surface area contributed by atoms with Crippen LogP contribution in [0, 0.1) is 0 Å². The van der Waals surface area contributed by atoms with Gasteiger partial charge >= 0.3 is 0 Å². The van der Waals surface area contributed by atoms with Crippen molar-refractivity contribution in [2.75, 3.05) is 6.61 Å². The summed E-state index contributed by atoms with van der Waals surface area (Å²) in [4.78, 5) is 0. The molecule has 3 aromatic carbocycles. The summed E-state index contributed by atoms with van der Waals surface area (Å²) in [6.45, 7) is -0.496. The third kappa shape index (κ3) is 4.11. The van der Waals surface area contributed by atoms with Gasteiger partial charge in [-0.15, -0.1) is 0 Å². The van der Waals surface area contributed by atoms with Crippen LogP contribution in [0.3, 0.4) is 0 Å². The highest BCUT2D eigenvalue weighted by Crippen LogP contribution is 2.48. The molecular weight excluding hydrogens is 413 g/mol. The van der Waals surface area contributed by atoms with E-state index >= 15 is 0 Å². The van der Waals surface area contributed by atoms with Gasteiger partial charge < -0.3 is 25.2 Å². The minimum absolute atomic E-state index is 0.496. The molecule has 31 heavy (non-hydrogen) atoms. The van der Waals surface area contributed by atoms with Crippen molar-refractivity contribution >= 4 is 23.0 Å². The summed E-state index contributed by atoms with van der Waals surface area (Å²) in [6, 6.07) is 29.5. The molecule has 4 rings (SSSR count). The number of ether oxygens (including phenoxy) is 1. The van der Waals surface area contributed by atoms with E-state index in [2.05, 4.69) is 0 Å². The average Bonchev–Trinajstić information content (AvgIpc) is 2.84.